The highest BCUT2D eigenvalue weighted by Gasteiger charge is 2.12. The van der Waals surface area contributed by atoms with E-state index in [9.17, 15) is 4.79 Å². The molecule has 0 atom stereocenters. The number of aromatic nitrogens is 4. The molecule has 2 heterocycles. The van der Waals surface area contributed by atoms with Gasteiger partial charge in [-0.3, -0.25) is 9.48 Å². The summed E-state index contributed by atoms with van der Waals surface area (Å²) in [7, 11) is 0. The van der Waals surface area contributed by atoms with Gasteiger partial charge < -0.3 is 10.1 Å². The third-order valence-electron chi connectivity index (χ3n) is 4.22. The molecule has 0 spiro atoms. The van der Waals surface area contributed by atoms with Gasteiger partial charge in [0.25, 0.3) is 5.91 Å². The summed E-state index contributed by atoms with van der Waals surface area (Å²) in [5.41, 5.74) is 1.22. The highest BCUT2D eigenvalue weighted by molar-refractivity contribution is 9.10. The average Bonchev–Trinajstić information content (AvgIpc) is 3.39. The van der Waals surface area contributed by atoms with Gasteiger partial charge in [-0.05, 0) is 42.0 Å². The number of rotatable bonds is 7. The van der Waals surface area contributed by atoms with Gasteiger partial charge in [-0.15, -0.1) is 0 Å². The monoisotopic (exact) mass is 485 g/mol. The predicted molar refractivity (Wildman–Crippen MR) is 118 cm³/mol. The van der Waals surface area contributed by atoms with E-state index in [0.717, 1.165) is 10.0 Å². The van der Waals surface area contributed by atoms with Crippen LogP contribution in [0.15, 0.2) is 77.5 Å². The van der Waals surface area contributed by atoms with Crippen molar-refractivity contribution in [2.45, 2.75) is 13.3 Å². The Morgan fingerprint density at radius 1 is 1.00 bits per heavy atom. The molecule has 2 aromatic carbocycles. The van der Waals surface area contributed by atoms with Gasteiger partial charge in [-0.2, -0.15) is 10.2 Å². The fourth-order valence-corrected chi connectivity index (χ4v) is 3.18. The Hall–Kier alpha value is -3.10. The lowest BCUT2D eigenvalue weighted by Crippen LogP contribution is -2.15. The normalized spacial score (nSPS) is 10.7. The number of nitrogens with one attached hydrogen (secondary N) is 1. The van der Waals surface area contributed by atoms with Gasteiger partial charge in [0, 0.05) is 28.0 Å². The average molecular weight is 487 g/mol. The minimum absolute atomic E-state index is 0.196. The van der Waals surface area contributed by atoms with Crippen molar-refractivity contribution in [2.75, 3.05) is 5.32 Å². The number of anilines is 1. The number of hydrogen-bond donors (Lipinski definition) is 1. The van der Waals surface area contributed by atoms with E-state index in [1.54, 1.807) is 33.9 Å². The molecule has 0 aliphatic rings. The summed E-state index contributed by atoms with van der Waals surface area (Å²) < 4.78 is 9.88. The van der Waals surface area contributed by atoms with E-state index in [4.69, 9.17) is 16.3 Å². The zero-order chi connectivity index (χ0) is 20.9. The van der Waals surface area contributed by atoms with Crippen LogP contribution in [0.4, 0.5) is 5.82 Å². The van der Waals surface area contributed by atoms with Crippen molar-refractivity contribution in [3.8, 4) is 5.75 Å². The Morgan fingerprint density at radius 2 is 1.77 bits per heavy atom. The van der Waals surface area contributed by atoms with Crippen molar-refractivity contribution in [1.82, 2.24) is 19.6 Å². The summed E-state index contributed by atoms with van der Waals surface area (Å²) >= 11 is 9.56. The Kier molecular flexibility index (Phi) is 6.15. The van der Waals surface area contributed by atoms with Crippen molar-refractivity contribution < 1.29 is 9.53 Å². The fourth-order valence-electron chi connectivity index (χ4n) is 2.72. The van der Waals surface area contributed by atoms with Crippen molar-refractivity contribution in [3.63, 3.8) is 0 Å². The molecule has 0 saturated heterocycles. The first-order chi connectivity index (χ1) is 14.6. The second-order valence-corrected chi connectivity index (χ2v) is 7.73. The van der Waals surface area contributed by atoms with E-state index in [1.165, 1.54) is 0 Å². The first kappa shape index (κ1) is 20.2. The highest BCUT2D eigenvalue weighted by atomic mass is 79.9. The number of amides is 1. The number of ether oxygens (including phenoxy) is 1. The van der Waals surface area contributed by atoms with Crippen LogP contribution in [0.1, 0.15) is 16.1 Å². The largest absolute Gasteiger partial charge is 0.471 e. The minimum atomic E-state index is -0.347. The molecule has 7 nitrogen and oxygen atoms in total. The van der Waals surface area contributed by atoms with Crippen LogP contribution in [0.25, 0.3) is 0 Å². The molecule has 152 valence electrons. The first-order valence-electron chi connectivity index (χ1n) is 9.07. The van der Waals surface area contributed by atoms with Crippen LogP contribution in [0.5, 0.6) is 5.75 Å². The van der Waals surface area contributed by atoms with Gasteiger partial charge in [0.1, 0.15) is 5.75 Å². The van der Waals surface area contributed by atoms with Gasteiger partial charge in [-0.25, -0.2) is 4.68 Å². The fraction of sp³-hybridized carbons (Fsp3) is 0.0952. The molecular weight excluding hydrogens is 470 g/mol. The molecule has 0 aliphatic carbocycles. The van der Waals surface area contributed by atoms with Gasteiger partial charge >= 0.3 is 0 Å². The summed E-state index contributed by atoms with van der Waals surface area (Å²) in [6, 6.07) is 18.4. The standard InChI is InChI=1S/C21H17BrClN5O2/c22-16-5-7-17(8-6-16)30-14-28-11-9-19(25-28)21(29)24-20-10-12-27(26-20)13-15-3-1-2-4-18(15)23/h1-12H,13-14H2,(H,24,26,29). The molecule has 9 heteroatoms. The molecule has 0 saturated carbocycles. The SMILES string of the molecule is O=C(Nc1ccn(Cc2ccccc2Cl)n1)c1ccn(COc2ccc(Br)cc2)n1. The van der Waals surface area contributed by atoms with Gasteiger partial charge in [-0.1, -0.05) is 45.7 Å². The van der Waals surface area contributed by atoms with E-state index < -0.39 is 0 Å². The maximum Gasteiger partial charge on any atom is 0.277 e. The molecule has 0 bridgehead atoms. The number of benzene rings is 2. The van der Waals surface area contributed by atoms with E-state index in [1.807, 2.05) is 48.5 Å². The summed E-state index contributed by atoms with van der Waals surface area (Å²) in [5.74, 6) is 0.803. The molecule has 0 aliphatic heterocycles. The zero-order valence-electron chi connectivity index (χ0n) is 15.7. The number of hydrogen-bond acceptors (Lipinski definition) is 4. The summed E-state index contributed by atoms with van der Waals surface area (Å²) in [6.07, 6.45) is 3.47. The maximum atomic E-state index is 12.5. The number of halogens is 2. The molecule has 1 amide bonds. The lowest BCUT2D eigenvalue weighted by molar-refractivity contribution is 0.101. The van der Waals surface area contributed by atoms with Crippen LogP contribution in [-0.2, 0) is 13.3 Å². The summed E-state index contributed by atoms with van der Waals surface area (Å²) in [5, 5.41) is 12.0. The van der Waals surface area contributed by atoms with Crippen LogP contribution in [0.3, 0.4) is 0 Å². The van der Waals surface area contributed by atoms with E-state index in [2.05, 4.69) is 31.4 Å². The molecule has 2 aromatic heterocycles. The van der Waals surface area contributed by atoms with Gasteiger partial charge in [0.2, 0.25) is 0 Å². The summed E-state index contributed by atoms with van der Waals surface area (Å²) in [6.45, 7) is 0.707. The van der Waals surface area contributed by atoms with Crippen LogP contribution in [-0.4, -0.2) is 25.5 Å². The third kappa shape index (κ3) is 5.08. The molecule has 30 heavy (non-hydrogen) atoms. The van der Waals surface area contributed by atoms with Crippen LogP contribution >= 0.6 is 27.5 Å². The lowest BCUT2D eigenvalue weighted by Gasteiger charge is -2.06. The van der Waals surface area contributed by atoms with Crippen LogP contribution in [0.2, 0.25) is 5.02 Å². The minimum Gasteiger partial charge on any atom is -0.471 e. The van der Waals surface area contributed by atoms with E-state index in [0.29, 0.717) is 23.1 Å². The number of nitrogens with zero attached hydrogens (tertiary/aromatic N) is 4. The van der Waals surface area contributed by atoms with Crippen LogP contribution < -0.4 is 10.1 Å². The molecule has 4 rings (SSSR count). The quantitative estimate of drug-likeness (QED) is 0.406. The van der Waals surface area contributed by atoms with Crippen LogP contribution in [0, 0.1) is 0 Å². The lowest BCUT2D eigenvalue weighted by atomic mass is 10.2. The topological polar surface area (TPSA) is 74.0 Å². The zero-order valence-corrected chi connectivity index (χ0v) is 18.0. The maximum absolute atomic E-state index is 12.5. The molecule has 0 radical (unpaired) electrons. The molecule has 1 N–H and O–H groups in total. The van der Waals surface area contributed by atoms with Gasteiger partial charge in [0.05, 0.1) is 6.54 Å². The molecule has 0 unspecified atom stereocenters. The summed E-state index contributed by atoms with van der Waals surface area (Å²) in [4.78, 5) is 12.5. The first-order valence-corrected chi connectivity index (χ1v) is 10.2. The third-order valence-corrected chi connectivity index (χ3v) is 5.12. The van der Waals surface area contributed by atoms with Crippen molar-refractivity contribution >= 4 is 39.3 Å². The highest BCUT2D eigenvalue weighted by Crippen LogP contribution is 2.17. The Balaban J connectivity index is 1.34. The number of carbonyl (C=O) groups excluding carboxylic acids is 1. The molecule has 4 aromatic rings. The predicted octanol–water partition coefficient (Wildman–Crippen LogP) is 4.83. The van der Waals surface area contributed by atoms with Crippen molar-refractivity contribution in [1.29, 1.82) is 0 Å². The smallest absolute Gasteiger partial charge is 0.277 e. The Morgan fingerprint density at radius 3 is 2.57 bits per heavy atom. The van der Waals surface area contributed by atoms with Crippen molar-refractivity contribution in [3.05, 3.63) is 93.8 Å². The second kappa shape index (κ2) is 9.15. The molecule has 0 fully saturated rings. The second-order valence-electron chi connectivity index (χ2n) is 6.41. The van der Waals surface area contributed by atoms with E-state index >= 15 is 0 Å². The van der Waals surface area contributed by atoms with E-state index in [-0.39, 0.29) is 18.3 Å². The number of carbonyl (C=O) groups is 1. The molecular formula is C21H17BrClN5O2. The van der Waals surface area contributed by atoms with Gasteiger partial charge in [0.15, 0.2) is 18.2 Å². The Bertz CT molecular complexity index is 1160. The Labute approximate surface area is 186 Å². The van der Waals surface area contributed by atoms with Crippen molar-refractivity contribution in [2.24, 2.45) is 0 Å².